The van der Waals surface area contributed by atoms with E-state index in [4.69, 9.17) is 5.84 Å². The van der Waals surface area contributed by atoms with Crippen molar-refractivity contribution in [3.05, 3.63) is 18.3 Å². The van der Waals surface area contributed by atoms with Crippen LogP contribution in [0.2, 0.25) is 0 Å². The Morgan fingerprint density at radius 2 is 2.36 bits per heavy atom. The Balaban J connectivity index is 3.02. The summed E-state index contributed by atoms with van der Waals surface area (Å²) in [6.07, 6.45) is 1.83. The summed E-state index contributed by atoms with van der Waals surface area (Å²) in [6, 6.07) is 3.87. The monoisotopic (exact) mass is 153 g/mol. The molecule has 0 aliphatic rings. The van der Waals surface area contributed by atoms with E-state index in [1.54, 1.807) is 7.05 Å². The van der Waals surface area contributed by atoms with E-state index >= 15 is 0 Å². The van der Waals surface area contributed by atoms with Crippen molar-refractivity contribution in [2.75, 3.05) is 24.4 Å². The molecule has 11 heavy (non-hydrogen) atoms. The summed E-state index contributed by atoms with van der Waals surface area (Å²) < 4.78 is 0. The first kappa shape index (κ1) is 7.81. The maximum absolute atomic E-state index is 5.55. The number of aromatic nitrogens is 1. The van der Waals surface area contributed by atoms with Crippen LogP contribution in [0.25, 0.3) is 0 Å². The van der Waals surface area contributed by atoms with Crippen LogP contribution in [0.4, 0.5) is 11.5 Å². The topological polar surface area (TPSA) is 55.4 Å². The van der Waals surface area contributed by atoms with Crippen LogP contribution in [0.5, 0.6) is 0 Å². The van der Waals surface area contributed by atoms with Gasteiger partial charge >= 0.3 is 5.82 Å². The number of pyridine rings is 1. The lowest BCUT2D eigenvalue weighted by molar-refractivity contribution is -0.363. The van der Waals surface area contributed by atoms with E-state index in [0.717, 1.165) is 11.5 Å². The van der Waals surface area contributed by atoms with E-state index in [-0.39, 0.29) is 0 Å². The van der Waals surface area contributed by atoms with Gasteiger partial charge in [-0.2, -0.15) is 10.9 Å². The maximum Gasteiger partial charge on any atom is 0.315 e. The average Bonchev–Trinajstić information content (AvgIpc) is 2.04. The molecule has 0 spiro atoms. The molecular weight excluding hydrogens is 140 g/mol. The van der Waals surface area contributed by atoms with Crippen LogP contribution in [0.3, 0.4) is 0 Å². The van der Waals surface area contributed by atoms with Gasteiger partial charge in [-0.25, -0.2) is 4.98 Å². The Morgan fingerprint density at radius 3 is 2.82 bits per heavy atom. The number of hydrogen-bond donors (Lipinski definition) is 2. The van der Waals surface area contributed by atoms with E-state index in [1.807, 2.05) is 25.4 Å². The molecule has 1 aromatic rings. The molecule has 0 aromatic carbocycles. The molecule has 0 saturated heterocycles. The largest absolute Gasteiger partial charge is 0.381 e. The third-order valence-electron chi connectivity index (χ3n) is 1.46. The molecule has 0 aliphatic heterocycles. The van der Waals surface area contributed by atoms with Gasteiger partial charge in [0.2, 0.25) is 0 Å². The molecule has 1 heterocycles. The normalized spacial score (nSPS) is 9.36. The van der Waals surface area contributed by atoms with Crippen molar-refractivity contribution in [2.24, 2.45) is 5.84 Å². The van der Waals surface area contributed by atoms with Crippen molar-refractivity contribution < 1.29 is 4.98 Å². The lowest BCUT2D eigenvalue weighted by atomic mass is 10.4. The summed E-state index contributed by atoms with van der Waals surface area (Å²) in [6.45, 7) is 0. The molecule has 0 saturated carbocycles. The van der Waals surface area contributed by atoms with Crippen LogP contribution in [0.1, 0.15) is 0 Å². The summed E-state index contributed by atoms with van der Waals surface area (Å²) in [5.41, 5.74) is 0.984. The van der Waals surface area contributed by atoms with Gasteiger partial charge in [0, 0.05) is 7.05 Å². The lowest BCUT2D eigenvalue weighted by Crippen LogP contribution is -2.31. The zero-order valence-corrected chi connectivity index (χ0v) is 6.76. The van der Waals surface area contributed by atoms with E-state index in [0.29, 0.717) is 0 Å². The SMILES string of the molecule is CNc1ccc[nH+]c1N(C)N. The zero-order chi connectivity index (χ0) is 8.27. The molecule has 1 aromatic heterocycles. The molecule has 4 heteroatoms. The summed E-state index contributed by atoms with van der Waals surface area (Å²) in [5, 5.41) is 4.56. The molecule has 0 atom stereocenters. The van der Waals surface area contributed by atoms with Gasteiger partial charge in [-0.15, -0.1) is 0 Å². The molecule has 0 amide bonds. The van der Waals surface area contributed by atoms with Gasteiger partial charge in [0.05, 0.1) is 13.2 Å². The van der Waals surface area contributed by atoms with E-state index in [9.17, 15) is 0 Å². The van der Waals surface area contributed by atoms with Crippen molar-refractivity contribution in [3.63, 3.8) is 0 Å². The second kappa shape index (κ2) is 3.21. The Kier molecular flexibility index (Phi) is 2.28. The van der Waals surface area contributed by atoms with Crippen molar-refractivity contribution >= 4 is 11.5 Å². The summed E-state index contributed by atoms with van der Waals surface area (Å²) >= 11 is 0. The molecule has 0 radical (unpaired) electrons. The molecule has 4 N–H and O–H groups in total. The Labute approximate surface area is 66.0 Å². The maximum atomic E-state index is 5.55. The van der Waals surface area contributed by atoms with Gasteiger partial charge in [0.25, 0.3) is 0 Å². The fourth-order valence-corrected chi connectivity index (χ4v) is 0.922. The fraction of sp³-hybridized carbons (Fsp3) is 0.286. The molecule has 0 aliphatic carbocycles. The summed E-state index contributed by atoms with van der Waals surface area (Å²) in [5.74, 6) is 6.42. The molecule has 0 fully saturated rings. The minimum Gasteiger partial charge on any atom is -0.381 e. The van der Waals surface area contributed by atoms with Gasteiger partial charge in [-0.3, -0.25) is 0 Å². The Bertz CT molecular complexity index is 234. The molecule has 60 valence electrons. The number of rotatable bonds is 2. The highest BCUT2D eigenvalue weighted by Gasteiger charge is 2.09. The number of anilines is 2. The van der Waals surface area contributed by atoms with Gasteiger partial charge in [-0.1, -0.05) is 0 Å². The molecule has 0 bridgehead atoms. The number of aromatic amines is 1. The van der Waals surface area contributed by atoms with Crippen molar-refractivity contribution in [1.29, 1.82) is 0 Å². The second-order valence-electron chi connectivity index (χ2n) is 2.29. The van der Waals surface area contributed by atoms with Gasteiger partial charge in [0.1, 0.15) is 5.69 Å². The smallest absolute Gasteiger partial charge is 0.315 e. The van der Waals surface area contributed by atoms with Gasteiger partial charge in [0.15, 0.2) is 0 Å². The molecular formula is C7H13N4+. The predicted octanol–water partition coefficient (Wildman–Crippen LogP) is -0.148. The summed E-state index contributed by atoms with van der Waals surface area (Å²) in [4.78, 5) is 3.03. The van der Waals surface area contributed by atoms with Crippen LogP contribution in [0, 0.1) is 0 Å². The standard InChI is InChI=1S/C7H12N4/c1-9-6-4-3-5-10-7(6)11(2)8/h3-5,9H,8H2,1-2H3/p+1. The summed E-state index contributed by atoms with van der Waals surface area (Å²) in [7, 11) is 3.64. The molecule has 4 nitrogen and oxygen atoms in total. The number of H-pyrrole nitrogens is 1. The number of nitrogens with two attached hydrogens (primary N) is 1. The average molecular weight is 153 g/mol. The van der Waals surface area contributed by atoms with Crippen molar-refractivity contribution in [2.45, 2.75) is 0 Å². The highest BCUT2D eigenvalue weighted by molar-refractivity contribution is 5.60. The van der Waals surface area contributed by atoms with E-state index < -0.39 is 0 Å². The quantitative estimate of drug-likeness (QED) is 0.459. The van der Waals surface area contributed by atoms with Crippen molar-refractivity contribution in [1.82, 2.24) is 0 Å². The first-order valence-electron chi connectivity index (χ1n) is 3.42. The first-order valence-corrected chi connectivity index (χ1v) is 3.42. The highest BCUT2D eigenvalue weighted by Crippen LogP contribution is 2.14. The molecule has 1 rings (SSSR count). The Hall–Kier alpha value is -1.29. The Morgan fingerprint density at radius 1 is 1.64 bits per heavy atom. The minimum absolute atomic E-state index is 0.870. The highest BCUT2D eigenvalue weighted by atomic mass is 15.4. The predicted molar refractivity (Wildman–Crippen MR) is 45.1 cm³/mol. The van der Waals surface area contributed by atoms with E-state index in [2.05, 4.69) is 10.3 Å². The number of hydrazine groups is 1. The number of hydrogen-bond acceptors (Lipinski definition) is 3. The van der Waals surface area contributed by atoms with Crippen molar-refractivity contribution in [3.8, 4) is 0 Å². The van der Waals surface area contributed by atoms with Crippen LogP contribution in [0.15, 0.2) is 18.3 Å². The number of nitrogens with zero attached hydrogens (tertiary/aromatic N) is 1. The van der Waals surface area contributed by atoms with E-state index in [1.165, 1.54) is 5.01 Å². The van der Waals surface area contributed by atoms with Crippen LogP contribution in [-0.2, 0) is 0 Å². The third-order valence-corrected chi connectivity index (χ3v) is 1.46. The van der Waals surface area contributed by atoms with Crippen LogP contribution < -0.4 is 21.2 Å². The third kappa shape index (κ3) is 1.59. The van der Waals surface area contributed by atoms with Crippen LogP contribution in [-0.4, -0.2) is 14.1 Å². The fourth-order valence-electron chi connectivity index (χ4n) is 0.922. The number of nitrogens with one attached hydrogen (secondary N) is 2. The first-order chi connectivity index (χ1) is 5.25. The lowest BCUT2D eigenvalue weighted by Gasteiger charge is -2.06. The van der Waals surface area contributed by atoms with Crippen LogP contribution >= 0.6 is 0 Å². The second-order valence-corrected chi connectivity index (χ2v) is 2.29. The van der Waals surface area contributed by atoms with Gasteiger partial charge < -0.3 is 5.32 Å². The van der Waals surface area contributed by atoms with Gasteiger partial charge in [-0.05, 0) is 12.1 Å². The zero-order valence-electron chi connectivity index (χ0n) is 6.76. The minimum atomic E-state index is 0.870. The molecule has 0 unspecified atom stereocenters.